The van der Waals surface area contributed by atoms with Crippen molar-refractivity contribution >= 4 is 29.8 Å². The number of carboxylic acids is 3. The minimum Gasteiger partial charge on any atom is -0.481 e. The zero-order valence-corrected chi connectivity index (χ0v) is 26.7. The second-order valence-electron chi connectivity index (χ2n) is 12.6. The molecule has 1 fully saturated rings. The van der Waals surface area contributed by atoms with Gasteiger partial charge < -0.3 is 39.5 Å². The maximum atomic E-state index is 13.0. The lowest BCUT2D eigenvalue weighted by atomic mass is 9.53. The molecule has 2 aliphatic heterocycles. The third kappa shape index (κ3) is 6.16. The van der Waals surface area contributed by atoms with Gasteiger partial charge in [-0.1, -0.05) is 12.1 Å². The number of piperidine rings is 1. The Hall–Kier alpha value is -5.67. The van der Waals surface area contributed by atoms with Crippen molar-refractivity contribution in [3.63, 3.8) is 0 Å². The van der Waals surface area contributed by atoms with Gasteiger partial charge in [-0.15, -0.1) is 0 Å². The van der Waals surface area contributed by atoms with Gasteiger partial charge in [-0.05, 0) is 68.4 Å². The summed E-state index contributed by atoms with van der Waals surface area (Å²) < 4.78 is 18.5. The van der Waals surface area contributed by atoms with Crippen LogP contribution in [0.3, 0.4) is 0 Å². The van der Waals surface area contributed by atoms with Crippen LogP contribution in [0.5, 0.6) is 11.5 Å². The molecule has 0 saturated carbocycles. The number of aliphatic carboxylic acids is 3. The molecule has 0 unspecified atom stereocenters. The fourth-order valence-corrected chi connectivity index (χ4v) is 7.42. The smallest absolute Gasteiger partial charge is 0.345 e. The van der Waals surface area contributed by atoms with Crippen molar-refractivity contribution in [2.75, 3.05) is 13.6 Å². The van der Waals surface area contributed by atoms with Crippen LogP contribution >= 0.6 is 0 Å². The maximum Gasteiger partial charge on any atom is 0.345 e. The standard InChI is InChI=1S/C29H25N3O5.C6H8O7/c1-32-13-10-29-20-7-9-23(36-28(34)19-5-3-12-31-16-19)26(29)37-25-22(8-6-17(24(25)29)14-21(20)32)35-27(33)18-4-2-11-30-15-18;7-3(8)1-6(13,5(11)12)2-4(9)10/h2-9,11-12,15-16,20-21,23,26H,10,13-14H2,1H3;13H,1-2H2,(H,7,8)(H,9,10)(H,11,12)/t20-,21+,23-,26-,29-;/m0./s1. The quantitative estimate of drug-likeness (QED) is 0.144. The van der Waals surface area contributed by atoms with E-state index in [1.165, 1.54) is 18.0 Å². The topological polar surface area (TPSA) is 223 Å². The number of ether oxygens (including phenoxy) is 3. The van der Waals surface area contributed by atoms with Crippen LogP contribution in [0.2, 0.25) is 0 Å². The number of hydrogen-bond donors (Lipinski definition) is 4. The SMILES string of the molecule is CN1CC[C@]23c4c5ccc(OC(=O)c6cccnc6)c4O[C@H]2[C@@H](OC(=O)c2cccnc2)C=C[C@H]3[C@H]1C5.O=C(O)CC(O)(CC(=O)O)C(=O)O. The van der Waals surface area contributed by atoms with Crippen molar-refractivity contribution < 1.29 is 58.6 Å². The summed E-state index contributed by atoms with van der Waals surface area (Å²) in [5, 5.41) is 33.8. The van der Waals surface area contributed by atoms with Crippen LogP contribution in [-0.4, -0.2) is 103 Å². The molecular weight excluding hydrogens is 654 g/mol. The number of benzene rings is 1. The van der Waals surface area contributed by atoms with Gasteiger partial charge in [-0.2, -0.15) is 0 Å². The molecule has 15 nitrogen and oxygen atoms in total. The molecule has 4 aliphatic rings. The molecule has 0 amide bonds. The highest BCUT2D eigenvalue weighted by molar-refractivity contribution is 5.91. The van der Waals surface area contributed by atoms with Crippen LogP contribution in [0.25, 0.3) is 0 Å². The Morgan fingerprint density at radius 2 is 1.58 bits per heavy atom. The van der Waals surface area contributed by atoms with Crippen LogP contribution in [0.4, 0.5) is 0 Å². The van der Waals surface area contributed by atoms with Crippen molar-refractivity contribution in [2.24, 2.45) is 5.92 Å². The first-order chi connectivity index (χ1) is 23.8. The summed E-state index contributed by atoms with van der Waals surface area (Å²) in [4.78, 5) is 66.9. The zero-order chi connectivity index (χ0) is 35.8. The molecule has 1 aromatic carbocycles. The Balaban J connectivity index is 0.000000285. The van der Waals surface area contributed by atoms with Gasteiger partial charge in [0.2, 0.25) is 0 Å². The highest BCUT2D eigenvalue weighted by Gasteiger charge is 2.65. The Morgan fingerprint density at radius 1 is 0.940 bits per heavy atom. The van der Waals surface area contributed by atoms with E-state index in [9.17, 15) is 24.0 Å². The van der Waals surface area contributed by atoms with Gasteiger partial charge in [0.15, 0.2) is 23.2 Å². The summed E-state index contributed by atoms with van der Waals surface area (Å²) in [7, 11) is 2.17. The molecule has 260 valence electrons. The minimum atomic E-state index is -2.74. The van der Waals surface area contributed by atoms with Gasteiger partial charge in [0.25, 0.3) is 0 Å². The number of pyridine rings is 2. The van der Waals surface area contributed by atoms with Gasteiger partial charge in [-0.3, -0.25) is 19.6 Å². The molecule has 2 aromatic heterocycles. The summed E-state index contributed by atoms with van der Waals surface area (Å²) in [5.74, 6) is -4.80. The number of nitrogens with zero attached hydrogens (tertiary/aromatic N) is 3. The number of carboxylic acid groups (broad SMARTS) is 3. The minimum absolute atomic E-state index is 0.197. The van der Waals surface area contributed by atoms with Crippen LogP contribution in [0.15, 0.2) is 73.3 Å². The van der Waals surface area contributed by atoms with E-state index in [-0.39, 0.29) is 11.3 Å². The fraction of sp³-hybridized carbons (Fsp3) is 0.343. The molecule has 2 bridgehead atoms. The Bertz CT molecular complexity index is 1850. The lowest BCUT2D eigenvalue weighted by Gasteiger charge is -2.56. The van der Waals surface area contributed by atoms with Gasteiger partial charge in [0.1, 0.15) is 6.10 Å². The van der Waals surface area contributed by atoms with Crippen LogP contribution in [0, 0.1) is 5.92 Å². The lowest BCUT2D eigenvalue weighted by molar-refractivity contribution is -0.170. The van der Waals surface area contributed by atoms with E-state index in [1.54, 1.807) is 36.7 Å². The van der Waals surface area contributed by atoms with Crippen LogP contribution < -0.4 is 9.47 Å². The molecule has 0 radical (unpaired) electrons. The number of hydrogen-bond acceptors (Lipinski definition) is 12. The number of likely N-dealkylation sites (tertiary alicyclic amines) is 1. The van der Waals surface area contributed by atoms with E-state index in [4.69, 9.17) is 34.6 Å². The highest BCUT2D eigenvalue weighted by Crippen LogP contribution is 2.62. The Kier molecular flexibility index (Phi) is 9.12. The Morgan fingerprint density at radius 3 is 2.16 bits per heavy atom. The third-order valence-corrected chi connectivity index (χ3v) is 9.64. The van der Waals surface area contributed by atoms with Crippen molar-refractivity contribution in [3.8, 4) is 11.5 Å². The van der Waals surface area contributed by atoms with Crippen molar-refractivity contribution in [3.05, 3.63) is 95.6 Å². The maximum absolute atomic E-state index is 13.0. The molecule has 4 N–H and O–H groups in total. The number of carbonyl (C=O) groups is 5. The Labute approximate surface area is 284 Å². The first kappa shape index (κ1) is 34.2. The molecule has 7 rings (SSSR count). The van der Waals surface area contributed by atoms with Crippen molar-refractivity contribution in [1.29, 1.82) is 0 Å². The largest absolute Gasteiger partial charge is 0.481 e. The average Bonchev–Trinajstić information content (AvgIpc) is 3.44. The summed E-state index contributed by atoms with van der Waals surface area (Å²) in [6.45, 7) is 0.900. The molecule has 2 aliphatic carbocycles. The summed E-state index contributed by atoms with van der Waals surface area (Å²) >= 11 is 0. The van der Waals surface area contributed by atoms with E-state index < -0.39 is 60.5 Å². The van der Waals surface area contributed by atoms with Gasteiger partial charge in [0.05, 0.1) is 24.0 Å². The normalized spacial score (nSPS) is 24.0. The molecule has 15 heteroatoms. The van der Waals surface area contributed by atoms with E-state index >= 15 is 0 Å². The highest BCUT2D eigenvalue weighted by atomic mass is 16.6. The first-order valence-corrected chi connectivity index (χ1v) is 15.7. The van der Waals surface area contributed by atoms with Crippen molar-refractivity contribution in [1.82, 2.24) is 14.9 Å². The van der Waals surface area contributed by atoms with Crippen molar-refractivity contribution in [2.45, 2.75) is 54.9 Å². The zero-order valence-electron chi connectivity index (χ0n) is 26.7. The monoisotopic (exact) mass is 687 g/mol. The second-order valence-corrected chi connectivity index (χ2v) is 12.6. The lowest BCUT2D eigenvalue weighted by Crippen LogP contribution is -2.65. The summed E-state index contributed by atoms with van der Waals surface area (Å²) in [5.41, 5.74) is -0.0663. The third-order valence-electron chi connectivity index (χ3n) is 9.64. The van der Waals surface area contributed by atoms with Gasteiger partial charge in [-0.25, -0.2) is 14.4 Å². The van der Waals surface area contributed by atoms with Crippen LogP contribution in [-0.2, 0) is 31.0 Å². The molecule has 50 heavy (non-hydrogen) atoms. The molecule has 4 heterocycles. The van der Waals surface area contributed by atoms with E-state index in [1.807, 2.05) is 12.1 Å². The second kappa shape index (κ2) is 13.3. The fourth-order valence-electron chi connectivity index (χ4n) is 7.42. The van der Waals surface area contributed by atoms with Gasteiger partial charge in [0, 0.05) is 47.7 Å². The molecule has 1 saturated heterocycles. The summed E-state index contributed by atoms with van der Waals surface area (Å²) in [6.07, 6.45) is 8.80. The molecule has 3 aromatic rings. The van der Waals surface area contributed by atoms with Crippen LogP contribution in [0.1, 0.15) is 51.1 Å². The molecular formula is C35H33N3O12. The number of rotatable bonds is 9. The predicted octanol–water partition coefficient (Wildman–Crippen LogP) is 2.12. The van der Waals surface area contributed by atoms with E-state index in [0.717, 1.165) is 24.9 Å². The van der Waals surface area contributed by atoms with E-state index in [2.05, 4.69) is 34.1 Å². The number of aliphatic hydroxyl groups is 1. The van der Waals surface area contributed by atoms with E-state index in [0.29, 0.717) is 28.7 Å². The number of likely N-dealkylation sites (N-methyl/N-ethyl adjacent to an activating group) is 1. The molecule has 1 spiro atoms. The molecule has 5 atom stereocenters. The number of carbonyl (C=O) groups excluding carboxylic acids is 2. The van der Waals surface area contributed by atoms with Gasteiger partial charge >= 0.3 is 29.8 Å². The number of esters is 2. The first-order valence-electron chi connectivity index (χ1n) is 15.7. The average molecular weight is 688 g/mol. The summed E-state index contributed by atoms with van der Waals surface area (Å²) in [6, 6.07) is 10.9. The predicted molar refractivity (Wildman–Crippen MR) is 170 cm³/mol. The number of aromatic nitrogens is 2.